The Morgan fingerprint density at radius 2 is 2.36 bits per heavy atom. The SMILES string of the molecule is CCc1cc(N2CC(CN)C2)ccn1. The van der Waals surface area contributed by atoms with Crippen LogP contribution < -0.4 is 10.6 Å². The number of hydrogen-bond donors (Lipinski definition) is 1. The van der Waals surface area contributed by atoms with E-state index in [1.54, 1.807) is 0 Å². The molecular formula is C11H17N3. The van der Waals surface area contributed by atoms with Crippen LogP contribution in [-0.4, -0.2) is 24.6 Å². The first-order valence-electron chi connectivity index (χ1n) is 5.23. The maximum absolute atomic E-state index is 5.59. The minimum absolute atomic E-state index is 0.688. The molecule has 1 aliphatic heterocycles. The van der Waals surface area contributed by atoms with E-state index >= 15 is 0 Å². The van der Waals surface area contributed by atoms with Gasteiger partial charge in [-0.2, -0.15) is 0 Å². The summed E-state index contributed by atoms with van der Waals surface area (Å²) < 4.78 is 0. The molecule has 14 heavy (non-hydrogen) atoms. The molecule has 1 aromatic heterocycles. The summed E-state index contributed by atoms with van der Waals surface area (Å²) in [7, 11) is 0. The summed E-state index contributed by atoms with van der Waals surface area (Å²) in [5.41, 5.74) is 8.05. The number of aryl methyl sites for hydroxylation is 1. The summed E-state index contributed by atoms with van der Waals surface area (Å²) in [6, 6.07) is 4.25. The molecule has 0 atom stereocenters. The van der Waals surface area contributed by atoms with Crippen molar-refractivity contribution in [3.63, 3.8) is 0 Å². The minimum Gasteiger partial charge on any atom is -0.371 e. The van der Waals surface area contributed by atoms with Gasteiger partial charge in [-0.3, -0.25) is 4.98 Å². The van der Waals surface area contributed by atoms with Crippen molar-refractivity contribution in [1.82, 2.24) is 4.98 Å². The molecule has 76 valence electrons. The number of hydrogen-bond acceptors (Lipinski definition) is 3. The maximum Gasteiger partial charge on any atom is 0.0421 e. The Labute approximate surface area is 84.9 Å². The van der Waals surface area contributed by atoms with Gasteiger partial charge in [-0.15, -0.1) is 0 Å². The van der Waals surface area contributed by atoms with Gasteiger partial charge in [0.2, 0.25) is 0 Å². The third-order valence-electron chi connectivity index (χ3n) is 2.82. The van der Waals surface area contributed by atoms with Crippen molar-refractivity contribution in [3.05, 3.63) is 24.0 Å². The van der Waals surface area contributed by atoms with Crippen LogP contribution in [0.25, 0.3) is 0 Å². The Kier molecular flexibility index (Phi) is 2.68. The highest BCUT2D eigenvalue weighted by atomic mass is 15.2. The molecule has 2 N–H and O–H groups in total. The van der Waals surface area contributed by atoms with Gasteiger partial charge in [0.05, 0.1) is 0 Å². The van der Waals surface area contributed by atoms with Gasteiger partial charge < -0.3 is 10.6 Å². The molecule has 0 amide bonds. The molecule has 2 rings (SSSR count). The summed E-state index contributed by atoms with van der Waals surface area (Å²) >= 11 is 0. The fraction of sp³-hybridized carbons (Fsp3) is 0.545. The zero-order valence-electron chi connectivity index (χ0n) is 8.61. The summed E-state index contributed by atoms with van der Waals surface area (Å²) in [6.45, 7) is 5.14. The second-order valence-corrected chi connectivity index (χ2v) is 3.87. The zero-order chi connectivity index (χ0) is 9.97. The van der Waals surface area contributed by atoms with Crippen molar-refractivity contribution < 1.29 is 0 Å². The van der Waals surface area contributed by atoms with E-state index in [-0.39, 0.29) is 0 Å². The number of rotatable bonds is 3. The Hall–Kier alpha value is -1.09. The standard InChI is InChI=1S/C11H17N3/c1-2-10-5-11(3-4-13-10)14-7-9(6-12)8-14/h3-5,9H,2,6-8,12H2,1H3. The van der Waals surface area contributed by atoms with E-state index in [4.69, 9.17) is 5.73 Å². The molecule has 0 unspecified atom stereocenters. The molecule has 0 aromatic carbocycles. The second kappa shape index (κ2) is 3.96. The molecule has 0 saturated carbocycles. The number of nitrogens with two attached hydrogens (primary N) is 1. The van der Waals surface area contributed by atoms with Gasteiger partial charge in [0.1, 0.15) is 0 Å². The number of anilines is 1. The lowest BCUT2D eigenvalue weighted by molar-refractivity contribution is 0.420. The van der Waals surface area contributed by atoms with Crippen LogP contribution in [0.1, 0.15) is 12.6 Å². The van der Waals surface area contributed by atoms with E-state index in [2.05, 4.69) is 28.9 Å². The number of aromatic nitrogens is 1. The normalized spacial score (nSPS) is 16.9. The first-order chi connectivity index (χ1) is 6.83. The van der Waals surface area contributed by atoms with Crippen molar-refractivity contribution >= 4 is 5.69 Å². The quantitative estimate of drug-likeness (QED) is 0.776. The predicted octanol–water partition coefficient (Wildman–Crippen LogP) is 1.04. The first kappa shape index (κ1) is 9.46. The van der Waals surface area contributed by atoms with Crippen molar-refractivity contribution in [2.45, 2.75) is 13.3 Å². The van der Waals surface area contributed by atoms with Crippen LogP contribution in [0, 0.1) is 5.92 Å². The summed E-state index contributed by atoms with van der Waals surface area (Å²) in [5, 5.41) is 0. The fourth-order valence-electron chi connectivity index (χ4n) is 1.79. The third-order valence-corrected chi connectivity index (χ3v) is 2.82. The highest BCUT2D eigenvalue weighted by Crippen LogP contribution is 2.23. The van der Waals surface area contributed by atoms with E-state index in [1.165, 1.54) is 11.4 Å². The maximum atomic E-state index is 5.59. The lowest BCUT2D eigenvalue weighted by Gasteiger charge is -2.40. The van der Waals surface area contributed by atoms with Crippen LogP contribution in [0.4, 0.5) is 5.69 Å². The molecule has 3 heteroatoms. The Morgan fingerprint density at radius 3 is 3.00 bits per heavy atom. The van der Waals surface area contributed by atoms with Gasteiger partial charge in [-0.25, -0.2) is 0 Å². The van der Waals surface area contributed by atoms with Gasteiger partial charge >= 0.3 is 0 Å². The Bertz CT molecular complexity index is 305. The van der Waals surface area contributed by atoms with Gasteiger partial charge in [-0.1, -0.05) is 6.92 Å². The van der Waals surface area contributed by atoms with E-state index < -0.39 is 0 Å². The summed E-state index contributed by atoms with van der Waals surface area (Å²) in [5.74, 6) is 0.688. The van der Waals surface area contributed by atoms with Gasteiger partial charge in [0.15, 0.2) is 0 Å². The molecule has 2 heterocycles. The zero-order valence-corrected chi connectivity index (χ0v) is 8.61. The lowest BCUT2D eigenvalue weighted by atomic mass is 9.99. The van der Waals surface area contributed by atoms with E-state index in [9.17, 15) is 0 Å². The van der Waals surface area contributed by atoms with Crippen LogP contribution in [0.15, 0.2) is 18.3 Å². The van der Waals surface area contributed by atoms with Crippen LogP contribution in [-0.2, 0) is 6.42 Å². The molecule has 1 aromatic rings. The lowest BCUT2D eigenvalue weighted by Crippen LogP contribution is -2.50. The van der Waals surface area contributed by atoms with E-state index in [0.29, 0.717) is 5.92 Å². The predicted molar refractivity (Wildman–Crippen MR) is 58.4 cm³/mol. The van der Waals surface area contributed by atoms with Gasteiger partial charge in [0.25, 0.3) is 0 Å². The van der Waals surface area contributed by atoms with Crippen molar-refractivity contribution in [2.24, 2.45) is 11.7 Å². The van der Waals surface area contributed by atoms with Crippen molar-refractivity contribution in [2.75, 3.05) is 24.5 Å². The average molecular weight is 191 g/mol. The number of nitrogens with zero attached hydrogens (tertiary/aromatic N) is 2. The molecular weight excluding hydrogens is 174 g/mol. The number of pyridine rings is 1. The topological polar surface area (TPSA) is 42.1 Å². The first-order valence-corrected chi connectivity index (χ1v) is 5.23. The van der Waals surface area contributed by atoms with Gasteiger partial charge in [-0.05, 0) is 25.1 Å². The molecule has 1 saturated heterocycles. The third kappa shape index (κ3) is 1.73. The average Bonchev–Trinajstić information content (AvgIpc) is 2.17. The van der Waals surface area contributed by atoms with Crippen molar-refractivity contribution in [1.29, 1.82) is 0 Å². The van der Waals surface area contributed by atoms with E-state index in [0.717, 1.165) is 26.1 Å². The summed E-state index contributed by atoms with van der Waals surface area (Å²) in [6.07, 6.45) is 2.89. The molecule has 0 bridgehead atoms. The van der Waals surface area contributed by atoms with Crippen LogP contribution in [0.5, 0.6) is 0 Å². The largest absolute Gasteiger partial charge is 0.371 e. The Balaban J connectivity index is 2.03. The van der Waals surface area contributed by atoms with Crippen LogP contribution in [0.2, 0.25) is 0 Å². The summed E-state index contributed by atoms with van der Waals surface area (Å²) in [4.78, 5) is 6.65. The minimum atomic E-state index is 0.688. The van der Waals surface area contributed by atoms with Crippen LogP contribution >= 0.6 is 0 Å². The molecule has 0 radical (unpaired) electrons. The van der Waals surface area contributed by atoms with Gasteiger partial charge in [0, 0.05) is 36.6 Å². The van der Waals surface area contributed by atoms with Crippen molar-refractivity contribution in [3.8, 4) is 0 Å². The molecule has 3 nitrogen and oxygen atoms in total. The van der Waals surface area contributed by atoms with Crippen LogP contribution in [0.3, 0.4) is 0 Å². The molecule has 0 spiro atoms. The molecule has 1 aliphatic rings. The highest BCUT2D eigenvalue weighted by Gasteiger charge is 2.25. The second-order valence-electron chi connectivity index (χ2n) is 3.87. The monoisotopic (exact) mass is 191 g/mol. The Morgan fingerprint density at radius 1 is 1.57 bits per heavy atom. The fourth-order valence-corrected chi connectivity index (χ4v) is 1.79. The van der Waals surface area contributed by atoms with E-state index in [1.807, 2.05) is 6.20 Å². The highest BCUT2D eigenvalue weighted by molar-refractivity contribution is 5.49. The molecule has 1 fully saturated rings. The molecule has 0 aliphatic carbocycles. The smallest absolute Gasteiger partial charge is 0.0421 e.